The van der Waals surface area contributed by atoms with E-state index in [-0.39, 0.29) is 6.61 Å². The fraction of sp³-hybridized carbons (Fsp3) is 1.00. The van der Waals surface area contributed by atoms with Crippen molar-refractivity contribution in [2.45, 2.75) is 50.1 Å². The maximum Gasteiger partial charge on any atom is 0.186 e. The van der Waals surface area contributed by atoms with Gasteiger partial charge in [0.1, 0.15) is 24.4 Å². The minimum Gasteiger partial charge on any atom is -0.394 e. The van der Waals surface area contributed by atoms with E-state index in [2.05, 4.69) is 0 Å². The highest BCUT2D eigenvalue weighted by molar-refractivity contribution is 4.89. The SMILES string of the molecule is CC(C)(N)CO[C@H]1O[C@H](CO)[C@@H](O)[C@H](O)[C@@H]1O. The molecule has 0 aromatic rings. The van der Waals surface area contributed by atoms with Crippen molar-refractivity contribution in [1.29, 1.82) is 0 Å². The lowest BCUT2D eigenvalue weighted by molar-refractivity contribution is -0.303. The summed E-state index contributed by atoms with van der Waals surface area (Å²) < 4.78 is 10.4. The van der Waals surface area contributed by atoms with Crippen LogP contribution in [0.3, 0.4) is 0 Å². The Morgan fingerprint density at radius 3 is 2.24 bits per heavy atom. The van der Waals surface area contributed by atoms with Crippen LogP contribution in [0.4, 0.5) is 0 Å². The molecule has 7 heteroatoms. The molecule has 0 bridgehead atoms. The molecule has 1 aliphatic rings. The third kappa shape index (κ3) is 3.85. The minimum atomic E-state index is -1.42. The number of ether oxygens (including phenoxy) is 2. The lowest BCUT2D eigenvalue weighted by atomic mass is 9.99. The van der Waals surface area contributed by atoms with Gasteiger partial charge in [0.05, 0.1) is 13.2 Å². The van der Waals surface area contributed by atoms with Gasteiger partial charge in [-0.3, -0.25) is 0 Å². The summed E-state index contributed by atoms with van der Waals surface area (Å²) in [6.45, 7) is 3.10. The lowest BCUT2D eigenvalue weighted by Gasteiger charge is -2.40. The van der Waals surface area contributed by atoms with Gasteiger partial charge < -0.3 is 35.6 Å². The van der Waals surface area contributed by atoms with Crippen LogP contribution in [0.5, 0.6) is 0 Å². The van der Waals surface area contributed by atoms with E-state index < -0.39 is 42.9 Å². The number of rotatable bonds is 4. The molecule has 0 saturated carbocycles. The summed E-state index contributed by atoms with van der Waals surface area (Å²) >= 11 is 0. The zero-order valence-electron chi connectivity index (χ0n) is 9.98. The molecule has 0 aromatic heterocycles. The van der Waals surface area contributed by atoms with Crippen molar-refractivity contribution < 1.29 is 29.9 Å². The molecule has 6 N–H and O–H groups in total. The molecule has 0 unspecified atom stereocenters. The highest BCUT2D eigenvalue weighted by atomic mass is 16.7. The van der Waals surface area contributed by atoms with Crippen LogP contribution in [0.25, 0.3) is 0 Å². The first-order valence-electron chi connectivity index (χ1n) is 5.47. The van der Waals surface area contributed by atoms with Gasteiger partial charge in [-0.15, -0.1) is 0 Å². The standard InChI is InChI=1S/C10H21NO6/c1-10(2,11)4-16-9-8(15)7(14)6(13)5(3-12)17-9/h5-9,12-15H,3-4,11H2,1-2H3/t5-,6-,7+,8+,9+/m1/s1. The van der Waals surface area contributed by atoms with Crippen LogP contribution in [-0.4, -0.2) is 69.9 Å². The van der Waals surface area contributed by atoms with Crippen molar-refractivity contribution in [2.75, 3.05) is 13.2 Å². The van der Waals surface area contributed by atoms with E-state index in [9.17, 15) is 15.3 Å². The van der Waals surface area contributed by atoms with Gasteiger partial charge in [-0.1, -0.05) is 0 Å². The van der Waals surface area contributed by atoms with Crippen LogP contribution < -0.4 is 5.73 Å². The van der Waals surface area contributed by atoms with Crippen LogP contribution >= 0.6 is 0 Å². The molecule has 7 nitrogen and oxygen atoms in total. The largest absolute Gasteiger partial charge is 0.394 e. The molecule has 0 aliphatic carbocycles. The molecule has 0 spiro atoms. The first kappa shape index (κ1) is 14.8. The summed E-state index contributed by atoms with van der Waals surface area (Å²) in [4.78, 5) is 0. The van der Waals surface area contributed by atoms with Gasteiger partial charge in [0.15, 0.2) is 6.29 Å². The third-order valence-corrected chi connectivity index (χ3v) is 2.47. The summed E-state index contributed by atoms with van der Waals surface area (Å²) in [5.74, 6) is 0. The maximum absolute atomic E-state index is 9.64. The van der Waals surface area contributed by atoms with E-state index in [1.807, 2.05) is 0 Å². The number of hydrogen-bond donors (Lipinski definition) is 5. The summed E-state index contributed by atoms with van der Waals surface area (Å²) in [6.07, 6.45) is -6.25. The van der Waals surface area contributed by atoms with Crippen molar-refractivity contribution in [3.63, 3.8) is 0 Å². The summed E-state index contributed by atoms with van der Waals surface area (Å²) in [6, 6.07) is 0. The van der Waals surface area contributed by atoms with Crippen molar-refractivity contribution in [3.8, 4) is 0 Å². The van der Waals surface area contributed by atoms with Crippen LogP contribution in [0.2, 0.25) is 0 Å². The van der Waals surface area contributed by atoms with E-state index in [0.29, 0.717) is 0 Å². The third-order valence-electron chi connectivity index (χ3n) is 2.47. The average Bonchev–Trinajstić information content (AvgIpc) is 2.24. The number of aliphatic hydroxyl groups is 4. The molecule has 5 atom stereocenters. The molecule has 1 saturated heterocycles. The Bertz CT molecular complexity index is 241. The summed E-state index contributed by atoms with van der Waals surface area (Å²) in [5.41, 5.74) is 5.09. The second kappa shape index (κ2) is 5.57. The van der Waals surface area contributed by atoms with Gasteiger partial charge >= 0.3 is 0 Å². The Morgan fingerprint density at radius 2 is 1.76 bits per heavy atom. The first-order chi connectivity index (χ1) is 7.76. The van der Waals surface area contributed by atoms with Gasteiger partial charge in [0, 0.05) is 5.54 Å². The molecule has 17 heavy (non-hydrogen) atoms. The average molecular weight is 251 g/mol. The van der Waals surface area contributed by atoms with Crippen LogP contribution in [0, 0.1) is 0 Å². The van der Waals surface area contributed by atoms with E-state index in [0.717, 1.165) is 0 Å². The zero-order chi connectivity index (χ0) is 13.2. The Balaban J connectivity index is 2.59. The highest BCUT2D eigenvalue weighted by Crippen LogP contribution is 2.22. The minimum absolute atomic E-state index is 0.107. The van der Waals surface area contributed by atoms with E-state index in [1.54, 1.807) is 13.8 Å². The van der Waals surface area contributed by atoms with Crippen LogP contribution in [0.1, 0.15) is 13.8 Å². The fourth-order valence-electron chi connectivity index (χ4n) is 1.50. The van der Waals surface area contributed by atoms with Gasteiger partial charge in [0.25, 0.3) is 0 Å². The smallest absolute Gasteiger partial charge is 0.186 e. The second-order valence-corrected chi connectivity index (χ2v) is 5.00. The Labute approximate surface area is 99.8 Å². The molecular weight excluding hydrogens is 230 g/mol. The van der Waals surface area contributed by atoms with Crippen LogP contribution in [0.15, 0.2) is 0 Å². The Kier molecular flexibility index (Phi) is 4.85. The predicted octanol–water partition coefficient (Wildman–Crippen LogP) is -2.46. The monoisotopic (exact) mass is 251 g/mol. The second-order valence-electron chi connectivity index (χ2n) is 5.00. The van der Waals surface area contributed by atoms with Gasteiger partial charge in [-0.2, -0.15) is 0 Å². The Hall–Kier alpha value is -0.280. The van der Waals surface area contributed by atoms with Gasteiger partial charge in [-0.05, 0) is 13.8 Å². The highest BCUT2D eigenvalue weighted by Gasteiger charge is 2.44. The van der Waals surface area contributed by atoms with Gasteiger partial charge in [0.2, 0.25) is 0 Å². The molecule has 1 rings (SSSR count). The van der Waals surface area contributed by atoms with Crippen molar-refractivity contribution >= 4 is 0 Å². The van der Waals surface area contributed by atoms with E-state index in [4.69, 9.17) is 20.3 Å². The Morgan fingerprint density at radius 1 is 1.18 bits per heavy atom. The summed E-state index contributed by atoms with van der Waals surface area (Å²) in [5, 5.41) is 37.6. The van der Waals surface area contributed by atoms with Crippen LogP contribution in [-0.2, 0) is 9.47 Å². The van der Waals surface area contributed by atoms with E-state index in [1.165, 1.54) is 0 Å². The number of hydrogen-bond acceptors (Lipinski definition) is 7. The molecule has 1 fully saturated rings. The molecular formula is C10H21NO6. The normalized spacial score (nSPS) is 39.4. The van der Waals surface area contributed by atoms with Gasteiger partial charge in [-0.25, -0.2) is 0 Å². The lowest BCUT2D eigenvalue weighted by Crippen LogP contribution is -2.59. The number of aliphatic hydroxyl groups excluding tert-OH is 4. The van der Waals surface area contributed by atoms with Crippen molar-refractivity contribution in [2.24, 2.45) is 5.73 Å². The fourth-order valence-corrected chi connectivity index (χ4v) is 1.50. The number of nitrogens with two attached hydrogens (primary N) is 1. The quantitative estimate of drug-likeness (QED) is 0.375. The summed E-state index contributed by atoms with van der Waals surface area (Å²) in [7, 11) is 0. The molecule has 102 valence electrons. The molecule has 0 amide bonds. The van der Waals surface area contributed by atoms with Crippen molar-refractivity contribution in [1.82, 2.24) is 0 Å². The maximum atomic E-state index is 9.64. The first-order valence-corrected chi connectivity index (χ1v) is 5.47. The molecule has 0 radical (unpaired) electrons. The molecule has 1 aliphatic heterocycles. The predicted molar refractivity (Wildman–Crippen MR) is 58.0 cm³/mol. The van der Waals surface area contributed by atoms with Crippen molar-refractivity contribution in [3.05, 3.63) is 0 Å². The molecule has 0 aromatic carbocycles. The van der Waals surface area contributed by atoms with E-state index >= 15 is 0 Å². The zero-order valence-corrected chi connectivity index (χ0v) is 9.98. The molecule has 1 heterocycles. The topological polar surface area (TPSA) is 125 Å².